The fourth-order valence-electron chi connectivity index (χ4n) is 3.71. The predicted octanol–water partition coefficient (Wildman–Crippen LogP) is 3.58. The van der Waals surface area contributed by atoms with Gasteiger partial charge in [-0.1, -0.05) is 36.0 Å². The number of thioether (sulfide) groups is 1. The first-order chi connectivity index (χ1) is 15.7. The van der Waals surface area contributed by atoms with Gasteiger partial charge in [-0.05, 0) is 36.4 Å². The molecule has 1 aliphatic heterocycles. The molecule has 0 bridgehead atoms. The van der Waals surface area contributed by atoms with Crippen LogP contribution in [-0.4, -0.2) is 64.6 Å². The molecule has 166 valence electrons. The molecule has 0 radical (unpaired) electrons. The normalized spacial score (nSPS) is 13.8. The number of rotatable bonds is 8. The SMILES string of the molecule is C=CCn1c(SCC(=O)N2CCN(c3ccccc3)CC2)nnc1-c1ccc(OC)cc1. The second-order valence-corrected chi connectivity index (χ2v) is 8.37. The first-order valence-corrected chi connectivity index (χ1v) is 11.6. The number of anilines is 1. The van der Waals surface area contributed by atoms with Crippen molar-refractivity contribution in [3.8, 4) is 17.1 Å². The highest BCUT2D eigenvalue weighted by atomic mass is 32.2. The molecule has 0 spiro atoms. The van der Waals surface area contributed by atoms with Gasteiger partial charge in [0, 0.05) is 44.0 Å². The third kappa shape index (κ3) is 4.96. The van der Waals surface area contributed by atoms with Crippen molar-refractivity contribution >= 4 is 23.4 Å². The minimum Gasteiger partial charge on any atom is -0.497 e. The maximum absolute atomic E-state index is 12.8. The monoisotopic (exact) mass is 449 g/mol. The molecule has 7 nitrogen and oxygen atoms in total. The van der Waals surface area contributed by atoms with Crippen molar-refractivity contribution in [2.75, 3.05) is 43.9 Å². The highest BCUT2D eigenvalue weighted by Gasteiger charge is 2.22. The Morgan fingerprint density at radius 2 is 1.78 bits per heavy atom. The van der Waals surface area contributed by atoms with Crippen LogP contribution in [0.3, 0.4) is 0 Å². The van der Waals surface area contributed by atoms with Crippen molar-refractivity contribution in [2.24, 2.45) is 0 Å². The number of benzene rings is 2. The second-order valence-electron chi connectivity index (χ2n) is 7.43. The molecule has 1 aliphatic rings. The first-order valence-electron chi connectivity index (χ1n) is 10.6. The number of carbonyl (C=O) groups excluding carboxylic acids is 1. The summed E-state index contributed by atoms with van der Waals surface area (Å²) in [5, 5.41) is 9.42. The lowest BCUT2D eigenvalue weighted by atomic mass is 10.2. The molecule has 0 aliphatic carbocycles. The van der Waals surface area contributed by atoms with E-state index in [9.17, 15) is 4.79 Å². The Labute approximate surface area is 192 Å². The molecule has 2 aromatic carbocycles. The molecule has 32 heavy (non-hydrogen) atoms. The molecular weight excluding hydrogens is 422 g/mol. The van der Waals surface area contributed by atoms with Crippen molar-refractivity contribution in [3.63, 3.8) is 0 Å². The summed E-state index contributed by atoms with van der Waals surface area (Å²) in [4.78, 5) is 17.1. The van der Waals surface area contributed by atoms with Gasteiger partial charge in [-0.25, -0.2) is 0 Å². The van der Waals surface area contributed by atoms with E-state index in [1.165, 1.54) is 17.4 Å². The van der Waals surface area contributed by atoms with Crippen molar-refractivity contribution in [2.45, 2.75) is 11.7 Å². The summed E-state index contributed by atoms with van der Waals surface area (Å²) in [5.74, 6) is 2.00. The fraction of sp³-hybridized carbons (Fsp3) is 0.292. The molecule has 2 heterocycles. The standard InChI is InChI=1S/C24H27N5O2S/c1-3-13-29-23(19-9-11-21(31-2)12-10-19)25-26-24(29)32-18-22(30)28-16-14-27(15-17-28)20-7-5-4-6-8-20/h3-12H,1,13-18H2,2H3. The Kier molecular flexibility index (Phi) is 7.11. The van der Waals surface area contributed by atoms with E-state index < -0.39 is 0 Å². The molecule has 4 rings (SSSR count). The van der Waals surface area contributed by atoms with Gasteiger partial charge in [0.2, 0.25) is 5.91 Å². The number of carbonyl (C=O) groups is 1. The molecule has 0 unspecified atom stereocenters. The summed E-state index contributed by atoms with van der Waals surface area (Å²) in [6.45, 7) is 7.56. The number of hydrogen-bond acceptors (Lipinski definition) is 6. The summed E-state index contributed by atoms with van der Waals surface area (Å²) in [6, 6.07) is 18.0. The number of para-hydroxylation sites is 1. The van der Waals surface area contributed by atoms with Gasteiger partial charge in [0.25, 0.3) is 0 Å². The van der Waals surface area contributed by atoms with Crippen molar-refractivity contribution in [1.82, 2.24) is 19.7 Å². The fourth-order valence-corrected chi connectivity index (χ4v) is 4.56. The Morgan fingerprint density at radius 1 is 1.06 bits per heavy atom. The van der Waals surface area contributed by atoms with Crippen LogP contribution in [0.1, 0.15) is 0 Å². The summed E-state index contributed by atoms with van der Waals surface area (Å²) in [5.41, 5.74) is 2.15. The zero-order chi connectivity index (χ0) is 22.3. The maximum atomic E-state index is 12.8. The van der Waals surface area contributed by atoms with Crippen LogP contribution in [0.2, 0.25) is 0 Å². The average Bonchev–Trinajstić information content (AvgIpc) is 3.26. The molecule has 0 saturated carbocycles. The first kappa shape index (κ1) is 22.0. The molecule has 1 saturated heterocycles. The number of piperazine rings is 1. The smallest absolute Gasteiger partial charge is 0.233 e. The zero-order valence-corrected chi connectivity index (χ0v) is 19.0. The van der Waals surface area contributed by atoms with E-state index in [1.807, 2.05) is 58.0 Å². The lowest BCUT2D eigenvalue weighted by Crippen LogP contribution is -2.49. The Hall–Kier alpha value is -3.26. The predicted molar refractivity (Wildman–Crippen MR) is 128 cm³/mol. The quantitative estimate of drug-likeness (QED) is 0.387. The minimum atomic E-state index is 0.127. The third-order valence-corrected chi connectivity index (χ3v) is 6.41. The van der Waals surface area contributed by atoms with Crippen molar-refractivity contribution < 1.29 is 9.53 Å². The molecule has 1 aromatic heterocycles. The zero-order valence-electron chi connectivity index (χ0n) is 18.2. The van der Waals surface area contributed by atoms with Gasteiger partial charge in [-0.3, -0.25) is 9.36 Å². The largest absolute Gasteiger partial charge is 0.497 e. The summed E-state index contributed by atoms with van der Waals surface area (Å²) < 4.78 is 7.22. The topological polar surface area (TPSA) is 63.5 Å². The third-order valence-electron chi connectivity index (χ3n) is 5.46. The molecular formula is C24H27N5O2S. The lowest BCUT2D eigenvalue weighted by molar-refractivity contribution is -0.128. The van der Waals surface area contributed by atoms with Gasteiger partial charge in [0.05, 0.1) is 12.9 Å². The number of amides is 1. The van der Waals surface area contributed by atoms with E-state index in [0.717, 1.165) is 43.3 Å². The van der Waals surface area contributed by atoms with Crippen LogP contribution in [-0.2, 0) is 11.3 Å². The van der Waals surface area contributed by atoms with Crippen LogP contribution in [0.5, 0.6) is 5.75 Å². The van der Waals surface area contributed by atoms with Crippen LogP contribution in [0.25, 0.3) is 11.4 Å². The number of aromatic nitrogens is 3. The van der Waals surface area contributed by atoms with Gasteiger partial charge in [-0.15, -0.1) is 16.8 Å². The van der Waals surface area contributed by atoms with Gasteiger partial charge in [-0.2, -0.15) is 0 Å². The molecule has 1 fully saturated rings. The highest BCUT2D eigenvalue weighted by Crippen LogP contribution is 2.26. The van der Waals surface area contributed by atoms with E-state index in [0.29, 0.717) is 17.5 Å². The summed E-state index contributed by atoms with van der Waals surface area (Å²) in [7, 11) is 1.64. The molecule has 0 N–H and O–H groups in total. The molecule has 1 amide bonds. The van der Waals surface area contributed by atoms with Crippen LogP contribution in [0.4, 0.5) is 5.69 Å². The Bertz CT molecular complexity index is 1040. The van der Waals surface area contributed by atoms with Crippen molar-refractivity contribution in [1.29, 1.82) is 0 Å². The van der Waals surface area contributed by atoms with Gasteiger partial charge >= 0.3 is 0 Å². The van der Waals surface area contributed by atoms with E-state index in [4.69, 9.17) is 4.74 Å². The second kappa shape index (κ2) is 10.4. The van der Waals surface area contributed by atoms with E-state index in [-0.39, 0.29) is 5.91 Å². The van der Waals surface area contributed by atoms with Crippen LogP contribution >= 0.6 is 11.8 Å². The number of allylic oxidation sites excluding steroid dienone is 1. The van der Waals surface area contributed by atoms with E-state index in [2.05, 4.69) is 33.8 Å². The summed E-state index contributed by atoms with van der Waals surface area (Å²) >= 11 is 1.42. The minimum absolute atomic E-state index is 0.127. The van der Waals surface area contributed by atoms with Gasteiger partial charge in [0.1, 0.15) is 5.75 Å². The van der Waals surface area contributed by atoms with E-state index in [1.54, 1.807) is 7.11 Å². The molecule has 8 heteroatoms. The Morgan fingerprint density at radius 3 is 2.44 bits per heavy atom. The van der Waals surface area contributed by atoms with Gasteiger partial charge < -0.3 is 14.5 Å². The molecule has 3 aromatic rings. The van der Waals surface area contributed by atoms with Crippen LogP contribution in [0, 0.1) is 0 Å². The Balaban J connectivity index is 1.37. The van der Waals surface area contributed by atoms with Crippen molar-refractivity contribution in [3.05, 3.63) is 67.3 Å². The lowest BCUT2D eigenvalue weighted by Gasteiger charge is -2.36. The number of ether oxygens (including phenoxy) is 1. The highest BCUT2D eigenvalue weighted by molar-refractivity contribution is 7.99. The van der Waals surface area contributed by atoms with Crippen LogP contribution < -0.4 is 9.64 Å². The summed E-state index contributed by atoms with van der Waals surface area (Å²) in [6.07, 6.45) is 1.81. The van der Waals surface area contributed by atoms with E-state index >= 15 is 0 Å². The number of hydrogen-bond donors (Lipinski definition) is 0. The molecule has 0 atom stereocenters. The number of methoxy groups -OCH3 is 1. The average molecular weight is 450 g/mol. The van der Waals surface area contributed by atoms with Crippen LogP contribution in [0.15, 0.2) is 72.4 Å². The maximum Gasteiger partial charge on any atom is 0.233 e. The van der Waals surface area contributed by atoms with Gasteiger partial charge in [0.15, 0.2) is 11.0 Å². The number of nitrogens with zero attached hydrogens (tertiary/aromatic N) is 5.